The Morgan fingerprint density at radius 2 is 2.32 bits per heavy atom. The first-order chi connectivity index (χ1) is 10.5. The smallest absolute Gasteiger partial charge is 0.228 e. The van der Waals surface area contributed by atoms with E-state index in [4.69, 9.17) is 0 Å². The molecule has 0 aliphatic carbocycles. The van der Waals surface area contributed by atoms with Crippen molar-refractivity contribution in [1.82, 2.24) is 15.1 Å². The third-order valence-electron chi connectivity index (χ3n) is 3.95. The minimum absolute atomic E-state index is 0.0402. The number of benzene rings is 1. The highest BCUT2D eigenvalue weighted by atomic mass is 32.2. The Bertz CT molecular complexity index is 696. The lowest BCUT2D eigenvalue weighted by Gasteiger charge is -2.23. The van der Waals surface area contributed by atoms with E-state index in [0.29, 0.717) is 5.56 Å². The van der Waals surface area contributed by atoms with Gasteiger partial charge in [-0.1, -0.05) is 18.2 Å². The quantitative estimate of drug-likeness (QED) is 0.899. The lowest BCUT2D eigenvalue weighted by atomic mass is 9.97. The van der Waals surface area contributed by atoms with Crippen LogP contribution >= 0.6 is 11.8 Å². The van der Waals surface area contributed by atoms with Gasteiger partial charge >= 0.3 is 0 Å². The van der Waals surface area contributed by atoms with Crippen LogP contribution in [-0.4, -0.2) is 33.1 Å². The molecule has 116 valence electrons. The molecule has 6 heteroatoms. The summed E-state index contributed by atoms with van der Waals surface area (Å²) in [6, 6.07) is 7.98. The zero-order valence-corrected chi connectivity index (χ0v) is 13.4. The fourth-order valence-corrected chi connectivity index (χ4v) is 3.79. The lowest BCUT2D eigenvalue weighted by molar-refractivity contribution is -0.123. The molecule has 22 heavy (non-hydrogen) atoms. The van der Waals surface area contributed by atoms with Crippen LogP contribution in [0.4, 0.5) is 0 Å². The molecule has 0 fully saturated rings. The molecular weight excluding hydrogens is 298 g/mol. The zero-order valence-electron chi connectivity index (χ0n) is 12.6. The third-order valence-corrected chi connectivity index (χ3v) is 5.13. The number of hydrogen-bond donors (Lipinski definition) is 2. The topological polar surface area (TPSA) is 67.2 Å². The number of thioether (sulfide) groups is 1. The van der Waals surface area contributed by atoms with Crippen LogP contribution in [0, 0.1) is 0 Å². The summed E-state index contributed by atoms with van der Waals surface area (Å²) >= 11 is 1.70. The Hall–Kier alpha value is -1.79. The van der Waals surface area contributed by atoms with Gasteiger partial charge in [0, 0.05) is 29.5 Å². The summed E-state index contributed by atoms with van der Waals surface area (Å²) in [5.41, 5.74) is 0.636. The molecule has 1 aromatic heterocycles. The van der Waals surface area contributed by atoms with Crippen LogP contribution in [0.25, 0.3) is 0 Å². The normalized spacial score (nSPS) is 19.5. The fraction of sp³-hybridized carbons (Fsp3) is 0.375. The van der Waals surface area contributed by atoms with Gasteiger partial charge in [0.2, 0.25) is 5.91 Å². The molecule has 1 amide bonds. The number of rotatable bonds is 4. The number of aromatic nitrogens is 2. The second kappa shape index (κ2) is 5.78. The van der Waals surface area contributed by atoms with Gasteiger partial charge in [-0.3, -0.25) is 9.48 Å². The van der Waals surface area contributed by atoms with Crippen LogP contribution in [0.3, 0.4) is 0 Å². The lowest BCUT2D eigenvalue weighted by Crippen LogP contribution is -2.40. The number of hydrogen-bond acceptors (Lipinski definition) is 4. The maximum absolute atomic E-state index is 12.4. The van der Waals surface area contributed by atoms with E-state index in [1.54, 1.807) is 42.8 Å². The standard InChI is InChI=1S/C16H19N3O2S/c1-16(21,11-7-18-19(2)8-11)10-17-15(20)13-9-22-14-6-4-3-5-12(13)14/h3-8,13,21H,9-10H2,1-2H3,(H,17,20). The van der Waals surface area contributed by atoms with Crippen molar-refractivity contribution in [1.29, 1.82) is 0 Å². The van der Waals surface area contributed by atoms with E-state index < -0.39 is 5.60 Å². The number of amides is 1. The second-order valence-electron chi connectivity index (χ2n) is 5.80. The molecule has 0 bridgehead atoms. The maximum Gasteiger partial charge on any atom is 0.228 e. The first-order valence-corrected chi connectivity index (χ1v) is 8.17. The highest BCUT2D eigenvalue weighted by Crippen LogP contribution is 2.39. The predicted octanol–water partition coefficient (Wildman–Crippen LogP) is 1.63. The van der Waals surface area contributed by atoms with Gasteiger partial charge in [-0.05, 0) is 18.6 Å². The van der Waals surface area contributed by atoms with Crippen molar-refractivity contribution in [2.75, 3.05) is 12.3 Å². The Balaban J connectivity index is 1.66. The Kier molecular flexibility index (Phi) is 3.97. The van der Waals surface area contributed by atoms with Gasteiger partial charge < -0.3 is 10.4 Å². The van der Waals surface area contributed by atoms with E-state index in [0.717, 1.165) is 11.3 Å². The number of aliphatic hydroxyl groups is 1. The summed E-state index contributed by atoms with van der Waals surface area (Å²) in [6.07, 6.45) is 3.37. The van der Waals surface area contributed by atoms with Gasteiger partial charge in [0.25, 0.3) is 0 Å². The van der Waals surface area contributed by atoms with E-state index in [1.165, 1.54) is 4.90 Å². The molecule has 0 spiro atoms. The molecule has 0 saturated carbocycles. The molecule has 1 aliphatic rings. The summed E-state index contributed by atoms with van der Waals surface area (Å²) in [7, 11) is 1.80. The van der Waals surface area contributed by atoms with Crippen molar-refractivity contribution in [3.8, 4) is 0 Å². The molecule has 5 nitrogen and oxygen atoms in total. The molecule has 0 saturated heterocycles. The second-order valence-corrected chi connectivity index (χ2v) is 6.86. The molecule has 1 aliphatic heterocycles. The fourth-order valence-electron chi connectivity index (χ4n) is 2.56. The number of nitrogens with one attached hydrogen (secondary N) is 1. The van der Waals surface area contributed by atoms with E-state index >= 15 is 0 Å². The van der Waals surface area contributed by atoms with Crippen LogP contribution in [0.2, 0.25) is 0 Å². The highest BCUT2D eigenvalue weighted by molar-refractivity contribution is 7.99. The molecular formula is C16H19N3O2S. The molecule has 1 aromatic carbocycles. The molecule has 2 unspecified atom stereocenters. The van der Waals surface area contributed by atoms with Crippen molar-refractivity contribution in [2.45, 2.75) is 23.3 Å². The Labute approximate surface area is 133 Å². The molecule has 2 aromatic rings. The Morgan fingerprint density at radius 3 is 3.05 bits per heavy atom. The number of carbonyl (C=O) groups excluding carboxylic acids is 1. The van der Waals surface area contributed by atoms with Crippen molar-refractivity contribution >= 4 is 17.7 Å². The third kappa shape index (κ3) is 2.89. The molecule has 3 rings (SSSR count). The van der Waals surface area contributed by atoms with Gasteiger partial charge in [0.05, 0.1) is 18.7 Å². The van der Waals surface area contributed by atoms with Crippen molar-refractivity contribution in [3.05, 3.63) is 47.8 Å². The van der Waals surface area contributed by atoms with Crippen LogP contribution in [-0.2, 0) is 17.4 Å². The Morgan fingerprint density at radius 1 is 1.55 bits per heavy atom. The van der Waals surface area contributed by atoms with Gasteiger partial charge in [0.1, 0.15) is 5.60 Å². The number of aryl methyl sites for hydroxylation is 1. The summed E-state index contributed by atoms with van der Waals surface area (Å²) < 4.78 is 1.63. The maximum atomic E-state index is 12.4. The van der Waals surface area contributed by atoms with Crippen molar-refractivity contribution in [3.63, 3.8) is 0 Å². The van der Waals surface area contributed by atoms with Crippen LogP contribution < -0.4 is 5.32 Å². The van der Waals surface area contributed by atoms with Crippen molar-refractivity contribution in [2.24, 2.45) is 7.05 Å². The number of nitrogens with zero attached hydrogens (tertiary/aromatic N) is 2. The summed E-state index contributed by atoms with van der Waals surface area (Å²) in [4.78, 5) is 13.6. The SMILES string of the molecule is Cn1cc(C(C)(O)CNC(=O)C2CSc3ccccc32)cn1. The van der Waals surface area contributed by atoms with Crippen LogP contribution in [0.5, 0.6) is 0 Å². The van der Waals surface area contributed by atoms with E-state index in [-0.39, 0.29) is 18.4 Å². The molecule has 0 radical (unpaired) electrons. The minimum atomic E-state index is -1.13. The average Bonchev–Trinajstić information content (AvgIpc) is 3.11. The highest BCUT2D eigenvalue weighted by Gasteiger charge is 2.31. The molecule has 2 atom stereocenters. The average molecular weight is 317 g/mol. The van der Waals surface area contributed by atoms with Gasteiger partial charge in [-0.25, -0.2) is 0 Å². The molecule has 2 N–H and O–H groups in total. The zero-order chi connectivity index (χ0) is 15.7. The van der Waals surface area contributed by atoms with Crippen LogP contribution in [0.1, 0.15) is 24.0 Å². The monoisotopic (exact) mass is 317 g/mol. The van der Waals surface area contributed by atoms with Gasteiger partial charge in [-0.15, -0.1) is 11.8 Å². The number of fused-ring (bicyclic) bond motifs is 1. The number of carbonyl (C=O) groups is 1. The van der Waals surface area contributed by atoms with E-state index in [1.807, 2.05) is 24.3 Å². The molecule has 2 heterocycles. The summed E-state index contributed by atoms with van der Waals surface area (Å²) in [5, 5.41) is 17.4. The largest absolute Gasteiger partial charge is 0.383 e. The summed E-state index contributed by atoms with van der Waals surface area (Å²) in [6.45, 7) is 1.85. The summed E-state index contributed by atoms with van der Waals surface area (Å²) in [5.74, 6) is 0.563. The van der Waals surface area contributed by atoms with Gasteiger partial charge in [0.15, 0.2) is 0 Å². The first-order valence-electron chi connectivity index (χ1n) is 7.18. The van der Waals surface area contributed by atoms with E-state index in [9.17, 15) is 9.90 Å². The first kappa shape index (κ1) is 15.1. The van der Waals surface area contributed by atoms with Crippen molar-refractivity contribution < 1.29 is 9.90 Å². The van der Waals surface area contributed by atoms with Crippen LogP contribution in [0.15, 0.2) is 41.6 Å². The predicted molar refractivity (Wildman–Crippen MR) is 85.7 cm³/mol. The van der Waals surface area contributed by atoms with E-state index in [2.05, 4.69) is 10.4 Å². The van der Waals surface area contributed by atoms with Gasteiger partial charge in [-0.2, -0.15) is 5.10 Å². The minimum Gasteiger partial charge on any atom is -0.383 e.